The van der Waals surface area contributed by atoms with E-state index in [2.05, 4.69) is 105 Å². The summed E-state index contributed by atoms with van der Waals surface area (Å²) >= 11 is 0. The van der Waals surface area contributed by atoms with E-state index >= 15 is 0 Å². The van der Waals surface area contributed by atoms with Gasteiger partial charge in [0.25, 0.3) is 0 Å². The van der Waals surface area contributed by atoms with Crippen LogP contribution >= 0.6 is 0 Å². The van der Waals surface area contributed by atoms with Gasteiger partial charge in [0.2, 0.25) is 0 Å². The van der Waals surface area contributed by atoms with Crippen molar-refractivity contribution in [2.45, 2.75) is 38.9 Å². The summed E-state index contributed by atoms with van der Waals surface area (Å²) in [6, 6.07) is 26.0. The fourth-order valence-electron chi connectivity index (χ4n) is 5.95. The molecule has 0 atom stereocenters. The van der Waals surface area contributed by atoms with Gasteiger partial charge in [-0.05, 0) is 62.8 Å². The van der Waals surface area contributed by atoms with E-state index in [0.717, 1.165) is 27.5 Å². The molecule has 3 aromatic heterocycles. The maximum atomic E-state index is 6.49. The zero-order valence-corrected chi connectivity index (χ0v) is 20.2. The highest BCUT2D eigenvalue weighted by atomic mass is 16.7. The van der Waals surface area contributed by atoms with E-state index in [1.165, 1.54) is 38.0 Å². The molecule has 4 aromatic carbocycles. The molecular weight excluding hydrogens is 433 g/mol. The van der Waals surface area contributed by atoms with Crippen molar-refractivity contribution in [3.8, 4) is 0 Å². The van der Waals surface area contributed by atoms with Crippen LogP contribution in [0.4, 0.5) is 0 Å². The van der Waals surface area contributed by atoms with Crippen molar-refractivity contribution < 1.29 is 13.7 Å². The van der Waals surface area contributed by atoms with Crippen LogP contribution in [0.15, 0.2) is 77.2 Å². The van der Waals surface area contributed by atoms with Crippen LogP contribution in [-0.2, 0) is 9.31 Å². The van der Waals surface area contributed by atoms with Crippen LogP contribution in [0.2, 0.25) is 0 Å². The van der Waals surface area contributed by atoms with Gasteiger partial charge in [-0.25, -0.2) is 0 Å². The molecule has 1 saturated heterocycles. The molecule has 5 heteroatoms. The molecule has 0 N–H and O–H groups in total. The van der Waals surface area contributed by atoms with E-state index in [-0.39, 0.29) is 0 Å². The molecular formula is C30H24BNO3. The highest BCUT2D eigenvalue weighted by Crippen LogP contribution is 2.43. The molecule has 1 aliphatic rings. The zero-order chi connectivity index (χ0) is 23.7. The van der Waals surface area contributed by atoms with Gasteiger partial charge in [0.1, 0.15) is 11.2 Å². The maximum absolute atomic E-state index is 6.49. The van der Waals surface area contributed by atoms with Gasteiger partial charge < -0.3 is 18.1 Å². The topological polar surface area (TPSA) is 36.0 Å². The Labute approximate surface area is 202 Å². The molecule has 0 radical (unpaired) electrons. The molecule has 0 saturated carbocycles. The van der Waals surface area contributed by atoms with Gasteiger partial charge in [0.05, 0.1) is 33.1 Å². The van der Waals surface area contributed by atoms with E-state index in [4.69, 9.17) is 13.7 Å². The van der Waals surface area contributed by atoms with Gasteiger partial charge in [-0.15, -0.1) is 0 Å². The fourth-order valence-corrected chi connectivity index (χ4v) is 5.95. The molecule has 7 aromatic rings. The van der Waals surface area contributed by atoms with Crippen LogP contribution in [-0.4, -0.2) is 22.7 Å². The van der Waals surface area contributed by atoms with Crippen molar-refractivity contribution in [2.24, 2.45) is 0 Å². The SMILES string of the molecule is CC1(C)OB(c2cc3oc4cccc5c6cccc7c8ccccc8n(c(c2)c3c45)c67)OC1(C)C. The summed E-state index contributed by atoms with van der Waals surface area (Å²) in [6.45, 7) is 8.36. The number of para-hydroxylation sites is 2. The van der Waals surface area contributed by atoms with Crippen molar-refractivity contribution in [3.05, 3.63) is 72.8 Å². The van der Waals surface area contributed by atoms with Gasteiger partial charge in [0, 0.05) is 21.5 Å². The lowest BCUT2D eigenvalue weighted by atomic mass is 9.78. The Morgan fingerprint density at radius 2 is 1.29 bits per heavy atom. The summed E-state index contributed by atoms with van der Waals surface area (Å²) in [5.74, 6) is 0. The summed E-state index contributed by atoms with van der Waals surface area (Å²) in [7, 11) is -0.468. The van der Waals surface area contributed by atoms with Crippen molar-refractivity contribution >= 4 is 72.6 Å². The molecule has 4 nitrogen and oxygen atoms in total. The van der Waals surface area contributed by atoms with Crippen LogP contribution in [0, 0.1) is 0 Å². The first-order valence-electron chi connectivity index (χ1n) is 12.2. The summed E-state index contributed by atoms with van der Waals surface area (Å²) in [5.41, 5.74) is 5.41. The van der Waals surface area contributed by atoms with Gasteiger partial charge in [-0.1, -0.05) is 48.5 Å². The molecule has 0 unspecified atom stereocenters. The number of benzene rings is 4. The lowest BCUT2D eigenvalue weighted by Crippen LogP contribution is -2.41. The van der Waals surface area contributed by atoms with Crippen molar-refractivity contribution in [1.82, 2.24) is 4.40 Å². The third-order valence-corrected chi connectivity index (χ3v) is 8.35. The summed E-state index contributed by atoms with van der Waals surface area (Å²) in [4.78, 5) is 0. The minimum absolute atomic E-state index is 0.415. The minimum Gasteiger partial charge on any atom is -0.456 e. The first kappa shape index (κ1) is 19.7. The third-order valence-electron chi connectivity index (χ3n) is 8.35. The van der Waals surface area contributed by atoms with Crippen molar-refractivity contribution in [2.75, 3.05) is 0 Å². The van der Waals surface area contributed by atoms with E-state index in [1.54, 1.807) is 0 Å². The van der Waals surface area contributed by atoms with Crippen molar-refractivity contribution in [3.63, 3.8) is 0 Å². The second-order valence-electron chi connectivity index (χ2n) is 10.8. The predicted octanol–water partition coefficient (Wildman–Crippen LogP) is 7.04. The number of rotatable bonds is 1. The molecule has 4 heterocycles. The van der Waals surface area contributed by atoms with Gasteiger partial charge in [-0.3, -0.25) is 0 Å². The Bertz CT molecular complexity index is 1960. The highest BCUT2D eigenvalue weighted by Gasteiger charge is 2.52. The second kappa shape index (κ2) is 6.17. The summed E-state index contributed by atoms with van der Waals surface area (Å²) in [5, 5.41) is 7.23. The molecule has 0 amide bonds. The zero-order valence-electron chi connectivity index (χ0n) is 20.2. The Kier molecular flexibility index (Phi) is 3.48. The predicted molar refractivity (Wildman–Crippen MR) is 144 cm³/mol. The fraction of sp³-hybridized carbons (Fsp3) is 0.200. The third kappa shape index (κ3) is 2.35. The lowest BCUT2D eigenvalue weighted by Gasteiger charge is -2.32. The average molecular weight is 457 g/mol. The average Bonchev–Trinajstić information content (AvgIpc) is 3.41. The minimum atomic E-state index is -0.468. The lowest BCUT2D eigenvalue weighted by molar-refractivity contribution is 0.00578. The Hall–Kier alpha value is -3.54. The highest BCUT2D eigenvalue weighted by molar-refractivity contribution is 6.62. The molecule has 0 bridgehead atoms. The number of hydrogen-bond acceptors (Lipinski definition) is 3. The number of aromatic nitrogens is 1. The van der Waals surface area contributed by atoms with Crippen LogP contribution in [0.3, 0.4) is 0 Å². The Balaban J connectivity index is 1.63. The van der Waals surface area contributed by atoms with Crippen molar-refractivity contribution in [1.29, 1.82) is 0 Å². The quantitative estimate of drug-likeness (QED) is 0.248. The molecule has 8 rings (SSSR count). The standard InChI is InChI=1S/C30H24BNO3/c1-29(2)30(3,4)35-31(34-29)17-15-23-27-25(16-17)33-24-14-8-10-19(26(24)27)21-12-7-11-20-18-9-5-6-13-22(18)32(23)28(20)21/h5-16H,1-4H3. The largest absolute Gasteiger partial charge is 0.495 e. The maximum Gasteiger partial charge on any atom is 0.495 e. The van der Waals surface area contributed by atoms with Crippen LogP contribution in [0.5, 0.6) is 0 Å². The van der Waals surface area contributed by atoms with Gasteiger partial charge >= 0.3 is 7.12 Å². The van der Waals surface area contributed by atoms with Gasteiger partial charge in [-0.2, -0.15) is 0 Å². The monoisotopic (exact) mass is 457 g/mol. The molecule has 1 fully saturated rings. The number of furan rings is 1. The molecule has 0 aliphatic carbocycles. The van der Waals surface area contributed by atoms with Gasteiger partial charge in [0.15, 0.2) is 0 Å². The van der Waals surface area contributed by atoms with Crippen LogP contribution in [0.25, 0.3) is 60.0 Å². The van der Waals surface area contributed by atoms with E-state index in [1.807, 2.05) is 0 Å². The number of fused-ring (bicyclic) bond motifs is 5. The molecule has 35 heavy (non-hydrogen) atoms. The van der Waals surface area contributed by atoms with E-state index in [0.29, 0.717) is 0 Å². The number of nitrogens with zero attached hydrogens (tertiary/aromatic N) is 1. The smallest absolute Gasteiger partial charge is 0.456 e. The molecule has 170 valence electrons. The Morgan fingerprint density at radius 1 is 0.629 bits per heavy atom. The normalized spacial score (nSPS) is 17.9. The first-order valence-corrected chi connectivity index (χ1v) is 12.2. The second-order valence-corrected chi connectivity index (χ2v) is 10.8. The molecule has 1 aliphatic heterocycles. The molecule has 0 spiro atoms. The summed E-state index contributed by atoms with van der Waals surface area (Å²) in [6.07, 6.45) is 0. The van der Waals surface area contributed by atoms with Crippen LogP contribution in [0.1, 0.15) is 27.7 Å². The van der Waals surface area contributed by atoms with E-state index in [9.17, 15) is 0 Å². The summed E-state index contributed by atoms with van der Waals surface area (Å²) < 4.78 is 21.8. The van der Waals surface area contributed by atoms with Crippen LogP contribution < -0.4 is 5.46 Å². The van der Waals surface area contributed by atoms with E-state index < -0.39 is 18.3 Å². The Morgan fingerprint density at radius 3 is 2.09 bits per heavy atom. The number of hydrogen-bond donors (Lipinski definition) is 0. The first-order chi connectivity index (χ1) is 16.8.